The molecule has 0 radical (unpaired) electrons. The number of piperidine rings is 1. The minimum atomic E-state index is -0.952. The first-order valence-electron chi connectivity index (χ1n) is 12.3. The molecule has 196 valence electrons. The molecular weight excluding hydrogens is 495 g/mol. The molecule has 1 amide bonds. The molecule has 2 aliphatic heterocycles. The molecule has 10 nitrogen and oxygen atoms in total. The molecule has 11 heteroatoms. The SMILES string of the molecule is O=C1/C=C/C(=O)Oc2c(-c3nc(C(=O)NCCC4CCN(Cc5ccccc5)CC4)no3)ccc(F)c2O1. The van der Waals surface area contributed by atoms with Crippen LogP contribution in [0.3, 0.4) is 0 Å². The van der Waals surface area contributed by atoms with Crippen LogP contribution in [-0.4, -0.2) is 52.5 Å². The Hall–Kier alpha value is -4.38. The van der Waals surface area contributed by atoms with Gasteiger partial charge in [0.25, 0.3) is 17.6 Å². The van der Waals surface area contributed by atoms with E-state index in [1.165, 1.54) is 11.6 Å². The van der Waals surface area contributed by atoms with Gasteiger partial charge in [0.2, 0.25) is 5.75 Å². The van der Waals surface area contributed by atoms with Crippen LogP contribution in [0.25, 0.3) is 11.5 Å². The van der Waals surface area contributed by atoms with Gasteiger partial charge in [-0.1, -0.05) is 35.5 Å². The molecular formula is C27H25FN4O6. The third-order valence-corrected chi connectivity index (χ3v) is 6.48. The molecule has 0 bridgehead atoms. The van der Waals surface area contributed by atoms with Gasteiger partial charge in [0.15, 0.2) is 11.6 Å². The number of rotatable bonds is 7. The summed E-state index contributed by atoms with van der Waals surface area (Å²) >= 11 is 0. The number of benzene rings is 2. The Morgan fingerprint density at radius 2 is 1.71 bits per heavy atom. The second kappa shape index (κ2) is 11.3. The molecule has 0 aliphatic carbocycles. The highest BCUT2D eigenvalue weighted by molar-refractivity contribution is 5.96. The number of hydrogen-bond donors (Lipinski definition) is 1. The molecule has 0 saturated carbocycles. The number of hydrogen-bond acceptors (Lipinski definition) is 9. The highest BCUT2D eigenvalue weighted by Gasteiger charge is 2.27. The van der Waals surface area contributed by atoms with Crippen LogP contribution in [0, 0.1) is 11.7 Å². The van der Waals surface area contributed by atoms with E-state index in [4.69, 9.17) is 14.0 Å². The maximum atomic E-state index is 14.3. The summed E-state index contributed by atoms with van der Waals surface area (Å²) in [4.78, 5) is 42.8. The fourth-order valence-electron chi connectivity index (χ4n) is 4.48. The monoisotopic (exact) mass is 520 g/mol. The molecule has 2 aromatic carbocycles. The van der Waals surface area contributed by atoms with E-state index in [2.05, 4.69) is 44.6 Å². The minimum absolute atomic E-state index is 0.00772. The van der Waals surface area contributed by atoms with Gasteiger partial charge in [0.1, 0.15) is 0 Å². The molecule has 3 heterocycles. The number of carbonyl (C=O) groups is 3. The predicted molar refractivity (Wildman–Crippen MR) is 131 cm³/mol. The molecule has 1 N–H and O–H groups in total. The summed E-state index contributed by atoms with van der Waals surface area (Å²) in [5.74, 6) is -4.25. The van der Waals surface area contributed by atoms with Crippen molar-refractivity contribution in [1.82, 2.24) is 20.4 Å². The van der Waals surface area contributed by atoms with Crippen molar-refractivity contribution in [3.8, 4) is 23.0 Å². The number of amides is 1. The molecule has 2 aliphatic rings. The molecule has 3 aromatic rings. The Morgan fingerprint density at radius 3 is 2.45 bits per heavy atom. The maximum absolute atomic E-state index is 14.3. The summed E-state index contributed by atoms with van der Waals surface area (Å²) in [7, 11) is 0. The molecule has 1 fully saturated rings. The van der Waals surface area contributed by atoms with Gasteiger partial charge in [-0.05, 0) is 56.0 Å². The second-order valence-electron chi connectivity index (χ2n) is 9.10. The normalized spacial score (nSPS) is 17.1. The number of fused-ring (bicyclic) bond motifs is 1. The van der Waals surface area contributed by atoms with Crippen LogP contribution in [0.15, 0.2) is 59.1 Å². The van der Waals surface area contributed by atoms with E-state index in [9.17, 15) is 18.8 Å². The number of ether oxygens (including phenoxy) is 2. The lowest BCUT2D eigenvalue weighted by atomic mass is 9.93. The predicted octanol–water partition coefficient (Wildman–Crippen LogP) is 3.29. The number of halogens is 1. The van der Waals surface area contributed by atoms with Crippen LogP contribution in [0.5, 0.6) is 11.5 Å². The van der Waals surface area contributed by atoms with Crippen molar-refractivity contribution >= 4 is 17.8 Å². The Balaban J connectivity index is 1.16. The van der Waals surface area contributed by atoms with Crippen LogP contribution in [0.2, 0.25) is 0 Å². The summed E-state index contributed by atoms with van der Waals surface area (Å²) < 4.78 is 29.5. The number of esters is 2. The molecule has 0 unspecified atom stereocenters. The number of likely N-dealkylation sites (tertiary alicyclic amines) is 1. The lowest BCUT2D eigenvalue weighted by Crippen LogP contribution is -2.35. The number of nitrogens with one attached hydrogen (secondary N) is 1. The molecule has 38 heavy (non-hydrogen) atoms. The Morgan fingerprint density at radius 1 is 1.00 bits per heavy atom. The van der Waals surface area contributed by atoms with Crippen molar-refractivity contribution in [2.24, 2.45) is 5.92 Å². The Kier molecular flexibility index (Phi) is 7.55. The largest absolute Gasteiger partial charge is 0.418 e. The molecule has 1 saturated heterocycles. The average molecular weight is 521 g/mol. The topological polar surface area (TPSA) is 124 Å². The van der Waals surface area contributed by atoms with Gasteiger partial charge < -0.3 is 19.3 Å². The maximum Gasteiger partial charge on any atom is 0.336 e. The lowest BCUT2D eigenvalue weighted by molar-refractivity contribution is -0.133. The van der Waals surface area contributed by atoms with Crippen LogP contribution in [0.1, 0.15) is 35.4 Å². The first-order chi connectivity index (χ1) is 18.5. The Bertz CT molecular complexity index is 1370. The fraction of sp³-hybridized carbons (Fsp3) is 0.296. The summed E-state index contributed by atoms with van der Waals surface area (Å²) in [6, 6.07) is 12.6. The molecule has 0 spiro atoms. The number of nitrogens with zero attached hydrogens (tertiary/aromatic N) is 3. The van der Waals surface area contributed by atoms with Gasteiger partial charge in [-0.2, -0.15) is 4.98 Å². The smallest absolute Gasteiger partial charge is 0.336 e. The molecule has 0 atom stereocenters. The summed E-state index contributed by atoms with van der Waals surface area (Å²) in [5.41, 5.74) is 1.30. The molecule has 1 aromatic heterocycles. The standard InChI is InChI=1S/C27H25FN4O6/c28-20-7-6-19(23-24(20)37-22(34)9-8-21(33)36-23)27-30-25(31-38-27)26(35)29-13-10-17-11-14-32(15-12-17)16-18-4-2-1-3-5-18/h1-9,17H,10-16H2,(H,29,35)/b9-8+. The van der Waals surface area contributed by atoms with E-state index < -0.39 is 35.2 Å². The van der Waals surface area contributed by atoms with Crippen molar-refractivity contribution in [2.45, 2.75) is 25.8 Å². The van der Waals surface area contributed by atoms with Crippen molar-refractivity contribution in [2.75, 3.05) is 19.6 Å². The average Bonchev–Trinajstić information content (AvgIpc) is 3.41. The summed E-state index contributed by atoms with van der Waals surface area (Å²) in [6.45, 7) is 3.43. The van der Waals surface area contributed by atoms with Crippen LogP contribution >= 0.6 is 0 Å². The van der Waals surface area contributed by atoms with Crippen molar-refractivity contribution < 1.29 is 32.8 Å². The zero-order chi connectivity index (χ0) is 26.5. The Labute approximate surface area is 217 Å². The van der Waals surface area contributed by atoms with E-state index in [1.807, 2.05) is 6.07 Å². The quantitative estimate of drug-likeness (QED) is 0.369. The second-order valence-corrected chi connectivity index (χ2v) is 9.10. The van der Waals surface area contributed by atoms with E-state index in [0.29, 0.717) is 12.5 Å². The van der Waals surface area contributed by atoms with E-state index in [-0.39, 0.29) is 17.3 Å². The highest BCUT2D eigenvalue weighted by atomic mass is 19.1. The third-order valence-electron chi connectivity index (χ3n) is 6.48. The highest BCUT2D eigenvalue weighted by Crippen LogP contribution is 2.40. The van der Waals surface area contributed by atoms with Gasteiger partial charge in [-0.3, -0.25) is 9.69 Å². The molecule has 5 rings (SSSR count). The van der Waals surface area contributed by atoms with Gasteiger partial charge in [-0.15, -0.1) is 0 Å². The third kappa shape index (κ3) is 5.94. The zero-order valence-electron chi connectivity index (χ0n) is 20.4. The van der Waals surface area contributed by atoms with Crippen LogP contribution in [-0.2, 0) is 16.1 Å². The van der Waals surface area contributed by atoms with E-state index in [1.54, 1.807) is 0 Å². The van der Waals surface area contributed by atoms with Gasteiger partial charge in [-0.25, -0.2) is 14.0 Å². The number of aromatic nitrogens is 2. The van der Waals surface area contributed by atoms with Crippen LogP contribution in [0.4, 0.5) is 4.39 Å². The minimum Gasteiger partial charge on any atom is -0.418 e. The first kappa shape index (κ1) is 25.3. The van der Waals surface area contributed by atoms with Gasteiger partial charge in [0.05, 0.1) is 5.56 Å². The van der Waals surface area contributed by atoms with Crippen LogP contribution < -0.4 is 14.8 Å². The van der Waals surface area contributed by atoms with Crippen molar-refractivity contribution in [1.29, 1.82) is 0 Å². The zero-order valence-corrected chi connectivity index (χ0v) is 20.4. The summed E-state index contributed by atoms with van der Waals surface area (Å²) in [5, 5.41) is 6.50. The number of carbonyl (C=O) groups excluding carboxylic acids is 3. The van der Waals surface area contributed by atoms with E-state index in [0.717, 1.165) is 57.1 Å². The van der Waals surface area contributed by atoms with E-state index >= 15 is 0 Å². The lowest BCUT2D eigenvalue weighted by Gasteiger charge is -2.32. The fourth-order valence-corrected chi connectivity index (χ4v) is 4.48. The summed E-state index contributed by atoms with van der Waals surface area (Å²) in [6.07, 6.45) is 4.61. The van der Waals surface area contributed by atoms with Gasteiger partial charge in [0, 0.05) is 25.2 Å². The van der Waals surface area contributed by atoms with Crippen molar-refractivity contribution in [3.05, 3.63) is 71.8 Å². The van der Waals surface area contributed by atoms with Gasteiger partial charge >= 0.3 is 11.9 Å². The van der Waals surface area contributed by atoms with Crippen molar-refractivity contribution in [3.63, 3.8) is 0 Å². The first-order valence-corrected chi connectivity index (χ1v) is 12.3.